The van der Waals surface area contributed by atoms with Crippen molar-refractivity contribution in [3.8, 4) is 10.7 Å². The lowest BCUT2D eigenvalue weighted by Crippen LogP contribution is -2.28. The Kier molecular flexibility index (Phi) is 2.74. The number of rotatable bonds is 3. The summed E-state index contributed by atoms with van der Waals surface area (Å²) in [7, 11) is 1.88. The second-order valence-electron chi connectivity index (χ2n) is 4.36. The zero-order chi connectivity index (χ0) is 12.6. The maximum atomic E-state index is 11.1. The quantitative estimate of drug-likeness (QED) is 0.904. The fourth-order valence-corrected chi connectivity index (χ4v) is 2.39. The molecule has 0 saturated carbocycles. The maximum absolute atomic E-state index is 11.1. The van der Waals surface area contributed by atoms with E-state index in [1.807, 2.05) is 11.6 Å². The van der Waals surface area contributed by atoms with E-state index in [2.05, 4.69) is 9.97 Å². The Hall–Kier alpha value is -1.69. The van der Waals surface area contributed by atoms with Crippen molar-refractivity contribution < 1.29 is 9.90 Å². The number of imidazole rings is 1. The van der Waals surface area contributed by atoms with Crippen LogP contribution >= 0.6 is 11.3 Å². The summed E-state index contributed by atoms with van der Waals surface area (Å²) in [6.45, 7) is 3.30. The molecule has 90 valence electrons. The molecule has 0 spiro atoms. The second kappa shape index (κ2) is 3.96. The van der Waals surface area contributed by atoms with Crippen LogP contribution in [0.5, 0.6) is 0 Å². The van der Waals surface area contributed by atoms with Crippen LogP contribution in [0.25, 0.3) is 10.7 Å². The van der Waals surface area contributed by atoms with Gasteiger partial charge in [-0.25, -0.2) is 9.97 Å². The first-order chi connectivity index (χ1) is 7.93. The molecule has 0 unspecified atom stereocenters. The van der Waals surface area contributed by atoms with Crippen molar-refractivity contribution >= 4 is 17.3 Å². The minimum Gasteiger partial charge on any atom is -0.481 e. The lowest BCUT2D eigenvalue weighted by Gasteiger charge is -2.15. The molecule has 2 aromatic rings. The van der Waals surface area contributed by atoms with Crippen LogP contribution in [0.2, 0.25) is 0 Å². The topological polar surface area (TPSA) is 68.0 Å². The Morgan fingerprint density at radius 1 is 1.53 bits per heavy atom. The largest absolute Gasteiger partial charge is 0.481 e. The molecular formula is C11H13N3O2S. The van der Waals surface area contributed by atoms with Gasteiger partial charge < -0.3 is 9.67 Å². The number of hydrogen-bond acceptors (Lipinski definition) is 4. The van der Waals surface area contributed by atoms with Crippen molar-refractivity contribution in [1.82, 2.24) is 14.5 Å². The molecule has 2 aromatic heterocycles. The highest BCUT2D eigenvalue weighted by Crippen LogP contribution is 2.29. The fraction of sp³-hybridized carbons (Fsp3) is 0.364. The van der Waals surface area contributed by atoms with Gasteiger partial charge >= 0.3 is 5.97 Å². The van der Waals surface area contributed by atoms with Crippen LogP contribution in [0.1, 0.15) is 19.5 Å². The minimum atomic E-state index is -0.965. The summed E-state index contributed by atoms with van der Waals surface area (Å²) in [6, 6.07) is 0. The van der Waals surface area contributed by atoms with Gasteiger partial charge in [0.15, 0.2) is 0 Å². The fourth-order valence-electron chi connectivity index (χ4n) is 1.35. The average molecular weight is 251 g/mol. The molecule has 6 heteroatoms. The predicted molar refractivity (Wildman–Crippen MR) is 65.0 cm³/mol. The number of carboxylic acid groups (broad SMARTS) is 1. The van der Waals surface area contributed by atoms with Gasteiger partial charge in [0, 0.05) is 12.4 Å². The first-order valence-electron chi connectivity index (χ1n) is 5.09. The lowest BCUT2D eigenvalue weighted by atomic mass is 9.90. The Morgan fingerprint density at radius 2 is 2.24 bits per heavy atom. The molecule has 0 fully saturated rings. The van der Waals surface area contributed by atoms with Gasteiger partial charge in [0.1, 0.15) is 10.4 Å². The van der Waals surface area contributed by atoms with Crippen molar-refractivity contribution in [3.05, 3.63) is 23.6 Å². The van der Waals surface area contributed by atoms with Gasteiger partial charge in [0.25, 0.3) is 0 Å². The van der Waals surface area contributed by atoms with Gasteiger partial charge in [-0.1, -0.05) is 0 Å². The van der Waals surface area contributed by atoms with Crippen LogP contribution in [0.15, 0.2) is 17.9 Å². The summed E-state index contributed by atoms with van der Waals surface area (Å²) in [5.74, 6) is -0.876. The molecule has 0 atom stereocenters. The third-order valence-corrected chi connectivity index (χ3v) is 3.58. The zero-order valence-electron chi connectivity index (χ0n) is 9.84. The molecule has 0 radical (unpaired) electrons. The molecule has 0 aliphatic heterocycles. The molecule has 2 heterocycles. The predicted octanol–water partition coefficient (Wildman–Crippen LogP) is 1.91. The van der Waals surface area contributed by atoms with Crippen LogP contribution in [0.3, 0.4) is 0 Å². The summed E-state index contributed by atoms with van der Waals surface area (Å²) in [4.78, 5) is 19.5. The number of aromatic nitrogens is 3. The van der Waals surface area contributed by atoms with Gasteiger partial charge in [-0.3, -0.25) is 4.79 Å². The SMILES string of the molecule is Cn1cncc1-c1nc(C(C)(C)C(=O)O)cs1. The Balaban J connectivity index is 2.41. The molecule has 0 amide bonds. The van der Waals surface area contributed by atoms with Crippen LogP contribution in [-0.2, 0) is 17.3 Å². The summed E-state index contributed by atoms with van der Waals surface area (Å²) in [6.07, 6.45) is 3.41. The smallest absolute Gasteiger partial charge is 0.315 e. The van der Waals surface area contributed by atoms with Crippen molar-refractivity contribution in [3.63, 3.8) is 0 Å². The van der Waals surface area contributed by atoms with E-state index >= 15 is 0 Å². The Labute approximate surface area is 103 Å². The van der Waals surface area contributed by atoms with Crippen LogP contribution < -0.4 is 0 Å². The third kappa shape index (κ3) is 1.95. The summed E-state index contributed by atoms with van der Waals surface area (Å²) < 4.78 is 1.86. The average Bonchev–Trinajstić information content (AvgIpc) is 2.85. The third-order valence-electron chi connectivity index (χ3n) is 2.71. The molecule has 17 heavy (non-hydrogen) atoms. The van der Waals surface area contributed by atoms with Crippen LogP contribution in [0.4, 0.5) is 0 Å². The summed E-state index contributed by atoms with van der Waals surface area (Å²) in [5.41, 5.74) is 0.501. The van der Waals surface area contributed by atoms with Gasteiger partial charge in [-0.15, -0.1) is 11.3 Å². The van der Waals surface area contributed by atoms with E-state index in [0.717, 1.165) is 10.7 Å². The van der Waals surface area contributed by atoms with E-state index in [4.69, 9.17) is 5.11 Å². The molecule has 0 aliphatic rings. The highest BCUT2D eigenvalue weighted by molar-refractivity contribution is 7.13. The minimum absolute atomic E-state index is 0.575. The first-order valence-corrected chi connectivity index (χ1v) is 5.97. The van der Waals surface area contributed by atoms with E-state index < -0.39 is 11.4 Å². The van der Waals surface area contributed by atoms with E-state index in [-0.39, 0.29) is 0 Å². The van der Waals surface area contributed by atoms with Crippen molar-refractivity contribution in [1.29, 1.82) is 0 Å². The van der Waals surface area contributed by atoms with E-state index in [9.17, 15) is 4.79 Å². The molecule has 0 aliphatic carbocycles. The van der Waals surface area contributed by atoms with E-state index in [1.54, 1.807) is 31.8 Å². The molecule has 0 saturated heterocycles. The van der Waals surface area contributed by atoms with Gasteiger partial charge in [-0.05, 0) is 13.8 Å². The lowest BCUT2D eigenvalue weighted by molar-refractivity contribution is -0.142. The molecule has 1 N–H and O–H groups in total. The Bertz CT molecular complexity index is 557. The van der Waals surface area contributed by atoms with Crippen LogP contribution in [0, 0.1) is 0 Å². The van der Waals surface area contributed by atoms with Gasteiger partial charge in [0.2, 0.25) is 0 Å². The first kappa shape index (κ1) is 11.8. The van der Waals surface area contributed by atoms with E-state index in [0.29, 0.717) is 5.69 Å². The highest BCUT2D eigenvalue weighted by atomic mass is 32.1. The van der Waals surface area contributed by atoms with Crippen LogP contribution in [-0.4, -0.2) is 25.6 Å². The summed E-state index contributed by atoms with van der Waals surface area (Å²) >= 11 is 1.43. The highest BCUT2D eigenvalue weighted by Gasteiger charge is 2.32. The maximum Gasteiger partial charge on any atom is 0.315 e. The van der Waals surface area contributed by atoms with Gasteiger partial charge in [-0.2, -0.15) is 0 Å². The number of carbonyl (C=O) groups is 1. The normalized spacial score (nSPS) is 11.7. The summed E-state index contributed by atoms with van der Waals surface area (Å²) in [5, 5.41) is 11.7. The number of aryl methyl sites for hydroxylation is 1. The number of hydrogen-bond donors (Lipinski definition) is 1. The molecular weight excluding hydrogens is 238 g/mol. The number of thiazole rings is 1. The molecule has 5 nitrogen and oxygen atoms in total. The van der Waals surface area contributed by atoms with E-state index in [1.165, 1.54) is 11.3 Å². The molecule has 2 rings (SSSR count). The number of nitrogens with zero attached hydrogens (tertiary/aromatic N) is 3. The van der Waals surface area contributed by atoms with Gasteiger partial charge in [0.05, 0.1) is 23.9 Å². The molecule has 0 bridgehead atoms. The van der Waals surface area contributed by atoms with Crippen molar-refractivity contribution in [2.45, 2.75) is 19.3 Å². The second-order valence-corrected chi connectivity index (χ2v) is 5.22. The monoisotopic (exact) mass is 251 g/mol. The van der Waals surface area contributed by atoms with Crippen molar-refractivity contribution in [2.75, 3.05) is 0 Å². The molecule has 0 aromatic carbocycles. The number of aliphatic carboxylic acids is 1. The standard InChI is InChI=1S/C11H13N3O2S/c1-11(2,10(15)16)8-5-17-9(13-8)7-4-12-6-14(7)3/h4-6H,1-3H3,(H,15,16). The zero-order valence-corrected chi connectivity index (χ0v) is 10.7. The van der Waals surface area contributed by atoms with Crippen molar-refractivity contribution in [2.24, 2.45) is 7.05 Å². The number of carboxylic acids is 1. The Morgan fingerprint density at radius 3 is 2.76 bits per heavy atom.